The molecule has 0 heterocycles. The Labute approximate surface area is 104 Å². The third-order valence-electron chi connectivity index (χ3n) is 4.48. The van der Waals surface area contributed by atoms with E-state index < -0.39 is 11.0 Å². The molecule has 1 N–H and O–H groups in total. The van der Waals surface area contributed by atoms with Gasteiger partial charge in [0.15, 0.2) is 0 Å². The first-order valence-corrected chi connectivity index (χ1v) is 6.83. The number of carbonyl (C=O) groups is 1. The SMILES string of the molecule is CCOC(=O)C1(C2(O)CC(C)CC(C)C2)CC1. The van der Waals surface area contributed by atoms with E-state index in [1.54, 1.807) is 0 Å². The molecule has 0 aromatic heterocycles. The average molecular weight is 240 g/mol. The van der Waals surface area contributed by atoms with E-state index in [1.807, 2.05) is 6.92 Å². The first-order chi connectivity index (χ1) is 7.93. The Morgan fingerprint density at radius 2 is 1.82 bits per heavy atom. The van der Waals surface area contributed by atoms with Gasteiger partial charge in [-0.25, -0.2) is 0 Å². The molecule has 2 rings (SSSR count). The van der Waals surface area contributed by atoms with E-state index in [-0.39, 0.29) is 5.97 Å². The fourth-order valence-electron chi connectivity index (χ4n) is 3.73. The Hall–Kier alpha value is -0.570. The Kier molecular flexibility index (Phi) is 3.23. The largest absolute Gasteiger partial charge is 0.465 e. The summed E-state index contributed by atoms with van der Waals surface area (Å²) in [6.45, 7) is 6.57. The van der Waals surface area contributed by atoms with E-state index in [0.717, 1.165) is 32.1 Å². The molecule has 2 aliphatic carbocycles. The zero-order valence-corrected chi connectivity index (χ0v) is 11.2. The molecule has 2 atom stereocenters. The second-order valence-corrected chi connectivity index (χ2v) is 6.19. The molecule has 3 heteroatoms. The van der Waals surface area contributed by atoms with Gasteiger partial charge in [-0.3, -0.25) is 4.79 Å². The third-order valence-corrected chi connectivity index (χ3v) is 4.48. The highest BCUT2D eigenvalue weighted by Gasteiger charge is 2.65. The van der Waals surface area contributed by atoms with Crippen LogP contribution in [0.15, 0.2) is 0 Å². The summed E-state index contributed by atoms with van der Waals surface area (Å²) in [5.74, 6) is 0.815. The van der Waals surface area contributed by atoms with E-state index in [2.05, 4.69) is 13.8 Å². The van der Waals surface area contributed by atoms with Crippen LogP contribution in [-0.2, 0) is 9.53 Å². The quantitative estimate of drug-likeness (QED) is 0.771. The molecule has 17 heavy (non-hydrogen) atoms. The molecule has 98 valence electrons. The standard InChI is InChI=1S/C14H24O3/c1-4-17-12(15)13(5-6-13)14(16)8-10(2)7-11(3)9-14/h10-11,16H,4-9H2,1-3H3. The van der Waals surface area contributed by atoms with Crippen LogP contribution in [0.3, 0.4) is 0 Å². The lowest BCUT2D eigenvalue weighted by Gasteiger charge is -2.43. The van der Waals surface area contributed by atoms with Crippen molar-refractivity contribution in [3.8, 4) is 0 Å². The minimum Gasteiger partial charge on any atom is -0.465 e. The summed E-state index contributed by atoms with van der Waals surface area (Å²) in [6, 6.07) is 0. The Balaban J connectivity index is 2.17. The van der Waals surface area contributed by atoms with Crippen molar-refractivity contribution >= 4 is 5.97 Å². The molecule has 0 spiro atoms. The Morgan fingerprint density at radius 1 is 1.29 bits per heavy atom. The van der Waals surface area contributed by atoms with Gasteiger partial charge in [-0.2, -0.15) is 0 Å². The molecule has 0 saturated heterocycles. The van der Waals surface area contributed by atoms with Crippen LogP contribution in [0.2, 0.25) is 0 Å². The van der Waals surface area contributed by atoms with Crippen LogP contribution in [0.1, 0.15) is 52.9 Å². The van der Waals surface area contributed by atoms with Gasteiger partial charge >= 0.3 is 5.97 Å². The van der Waals surface area contributed by atoms with Gasteiger partial charge in [0.1, 0.15) is 0 Å². The van der Waals surface area contributed by atoms with Gasteiger partial charge in [0.25, 0.3) is 0 Å². The number of carbonyl (C=O) groups excluding carboxylic acids is 1. The van der Waals surface area contributed by atoms with E-state index in [1.165, 1.54) is 0 Å². The molecular formula is C14H24O3. The predicted molar refractivity (Wildman–Crippen MR) is 65.4 cm³/mol. The van der Waals surface area contributed by atoms with Gasteiger partial charge in [-0.05, 0) is 50.9 Å². The first-order valence-electron chi connectivity index (χ1n) is 6.83. The topological polar surface area (TPSA) is 46.5 Å². The lowest BCUT2D eigenvalue weighted by molar-refractivity contribution is -0.168. The van der Waals surface area contributed by atoms with E-state index in [0.29, 0.717) is 18.4 Å². The normalized spacial score (nSPS) is 39.8. The molecule has 0 bridgehead atoms. The molecule has 0 aliphatic heterocycles. The summed E-state index contributed by atoms with van der Waals surface area (Å²) >= 11 is 0. The molecule has 0 amide bonds. The third kappa shape index (κ3) is 2.10. The fraction of sp³-hybridized carbons (Fsp3) is 0.929. The highest BCUT2D eigenvalue weighted by molar-refractivity contribution is 5.81. The van der Waals surface area contributed by atoms with Gasteiger partial charge in [0, 0.05) is 0 Å². The number of hydrogen-bond acceptors (Lipinski definition) is 3. The van der Waals surface area contributed by atoms with Crippen molar-refractivity contribution in [3.05, 3.63) is 0 Å². The van der Waals surface area contributed by atoms with Crippen molar-refractivity contribution in [1.29, 1.82) is 0 Å². The van der Waals surface area contributed by atoms with Crippen LogP contribution < -0.4 is 0 Å². The molecule has 2 fully saturated rings. The minimum atomic E-state index is -0.823. The van der Waals surface area contributed by atoms with Crippen LogP contribution in [0.5, 0.6) is 0 Å². The molecule has 2 aliphatic rings. The van der Waals surface area contributed by atoms with Gasteiger partial charge < -0.3 is 9.84 Å². The van der Waals surface area contributed by atoms with Gasteiger partial charge in [-0.15, -0.1) is 0 Å². The summed E-state index contributed by atoms with van der Waals surface area (Å²) in [4.78, 5) is 12.1. The van der Waals surface area contributed by atoms with Gasteiger partial charge in [0.05, 0.1) is 17.6 Å². The highest BCUT2D eigenvalue weighted by atomic mass is 16.5. The second-order valence-electron chi connectivity index (χ2n) is 6.19. The Morgan fingerprint density at radius 3 is 2.24 bits per heavy atom. The predicted octanol–water partition coefficient (Wildman–Crippen LogP) is 2.52. The smallest absolute Gasteiger partial charge is 0.314 e. The van der Waals surface area contributed by atoms with Crippen molar-refractivity contribution < 1.29 is 14.6 Å². The number of hydrogen-bond donors (Lipinski definition) is 1. The van der Waals surface area contributed by atoms with Crippen LogP contribution in [0.4, 0.5) is 0 Å². The number of rotatable bonds is 3. The summed E-state index contributed by atoms with van der Waals surface area (Å²) in [6.07, 6.45) is 4.23. The maximum atomic E-state index is 12.1. The average Bonchev–Trinajstić information content (AvgIpc) is 2.95. The minimum absolute atomic E-state index is 0.177. The number of esters is 1. The van der Waals surface area contributed by atoms with Crippen LogP contribution >= 0.6 is 0 Å². The number of aliphatic hydroxyl groups is 1. The number of ether oxygens (including phenoxy) is 1. The van der Waals surface area contributed by atoms with Crippen molar-refractivity contribution in [2.24, 2.45) is 17.3 Å². The second kappa shape index (κ2) is 4.27. The lowest BCUT2D eigenvalue weighted by Crippen LogP contribution is -2.49. The Bertz CT molecular complexity index is 297. The summed E-state index contributed by atoms with van der Waals surface area (Å²) in [5.41, 5.74) is -1.40. The van der Waals surface area contributed by atoms with E-state index >= 15 is 0 Å². The first kappa shape index (κ1) is 12.9. The summed E-state index contributed by atoms with van der Waals surface area (Å²) in [5, 5.41) is 10.9. The molecule has 0 aromatic carbocycles. The maximum absolute atomic E-state index is 12.1. The molecular weight excluding hydrogens is 216 g/mol. The van der Waals surface area contributed by atoms with E-state index in [9.17, 15) is 9.90 Å². The zero-order valence-electron chi connectivity index (χ0n) is 11.2. The molecule has 3 nitrogen and oxygen atoms in total. The van der Waals surface area contributed by atoms with Crippen LogP contribution in [0.25, 0.3) is 0 Å². The van der Waals surface area contributed by atoms with Crippen LogP contribution in [0, 0.1) is 17.3 Å². The molecule has 2 unspecified atom stereocenters. The zero-order chi connectivity index (χ0) is 12.7. The molecule has 0 aromatic rings. The lowest BCUT2D eigenvalue weighted by atomic mass is 9.66. The van der Waals surface area contributed by atoms with Crippen molar-refractivity contribution in [2.45, 2.75) is 58.5 Å². The fourth-order valence-corrected chi connectivity index (χ4v) is 3.73. The van der Waals surface area contributed by atoms with Crippen LogP contribution in [-0.4, -0.2) is 23.3 Å². The van der Waals surface area contributed by atoms with Crippen molar-refractivity contribution in [2.75, 3.05) is 6.61 Å². The van der Waals surface area contributed by atoms with Crippen molar-refractivity contribution in [3.63, 3.8) is 0 Å². The summed E-state index contributed by atoms with van der Waals surface area (Å²) < 4.78 is 5.16. The maximum Gasteiger partial charge on any atom is 0.314 e. The highest BCUT2D eigenvalue weighted by Crippen LogP contribution is 2.60. The van der Waals surface area contributed by atoms with Gasteiger partial charge in [-0.1, -0.05) is 13.8 Å². The monoisotopic (exact) mass is 240 g/mol. The van der Waals surface area contributed by atoms with Crippen molar-refractivity contribution in [1.82, 2.24) is 0 Å². The van der Waals surface area contributed by atoms with Gasteiger partial charge in [0.2, 0.25) is 0 Å². The molecule has 0 radical (unpaired) electrons. The molecule has 2 saturated carbocycles. The van der Waals surface area contributed by atoms with E-state index in [4.69, 9.17) is 4.74 Å². The summed E-state index contributed by atoms with van der Waals surface area (Å²) in [7, 11) is 0.